The number of quaternary nitrogens is 1. The average molecular weight is 414 g/mol. The number of fused-ring (bicyclic) bond motifs is 3. The Bertz CT molecular complexity index is 1280. The first-order valence-electron chi connectivity index (χ1n) is 10.4. The quantitative estimate of drug-likeness (QED) is 0.514. The van der Waals surface area contributed by atoms with E-state index in [4.69, 9.17) is 13.9 Å². The Balaban J connectivity index is 1.59. The molecule has 5 nitrogen and oxygen atoms in total. The molecule has 1 aliphatic heterocycles. The van der Waals surface area contributed by atoms with Gasteiger partial charge in [-0.05, 0) is 42.3 Å². The van der Waals surface area contributed by atoms with Gasteiger partial charge >= 0.3 is 5.63 Å². The van der Waals surface area contributed by atoms with Gasteiger partial charge in [-0.25, -0.2) is 4.79 Å². The lowest BCUT2D eigenvalue weighted by Gasteiger charge is -2.31. The van der Waals surface area contributed by atoms with Crippen LogP contribution in [0, 0.1) is 0 Å². The van der Waals surface area contributed by atoms with Crippen LogP contribution >= 0.6 is 0 Å². The number of benzene rings is 3. The predicted molar refractivity (Wildman–Crippen MR) is 119 cm³/mol. The maximum Gasteiger partial charge on any atom is 0.336 e. The molecule has 4 aromatic rings. The molecule has 1 aliphatic rings. The molecule has 1 aromatic heterocycles. The molecule has 3 aromatic carbocycles. The summed E-state index contributed by atoms with van der Waals surface area (Å²) in [5.74, 6) is 1.56. The summed E-state index contributed by atoms with van der Waals surface area (Å²) in [4.78, 5) is 13.8. The Labute approximate surface area is 180 Å². The number of ether oxygens (including phenoxy) is 2. The van der Waals surface area contributed by atoms with E-state index in [9.17, 15) is 4.79 Å². The van der Waals surface area contributed by atoms with E-state index in [1.54, 1.807) is 13.2 Å². The first-order chi connectivity index (χ1) is 15.1. The molecule has 0 spiro atoms. The third-order valence-corrected chi connectivity index (χ3v) is 6.10. The van der Waals surface area contributed by atoms with E-state index >= 15 is 0 Å². The van der Waals surface area contributed by atoms with Crippen molar-refractivity contribution in [2.45, 2.75) is 19.5 Å². The molecule has 1 N–H and O–H groups in total. The fraction of sp³-hybridized carbons (Fsp3) is 0.192. The van der Waals surface area contributed by atoms with Crippen LogP contribution in [0.25, 0.3) is 22.1 Å². The summed E-state index contributed by atoms with van der Waals surface area (Å²) in [7, 11) is 1.64. The summed E-state index contributed by atoms with van der Waals surface area (Å²) in [5, 5.41) is 0.903. The second-order valence-corrected chi connectivity index (χ2v) is 7.88. The lowest BCUT2D eigenvalue weighted by molar-refractivity contribution is -0.960. The molecule has 0 saturated heterocycles. The number of hydrogen-bond donors (Lipinski definition) is 1. The van der Waals surface area contributed by atoms with Crippen molar-refractivity contribution < 1.29 is 18.8 Å². The summed E-state index contributed by atoms with van der Waals surface area (Å²) < 4.78 is 17.1. The molecule has 0 bridgehead atoms. The van der Waals surface area contributed by atoms with E-state index < -0.39 is 0 Å². The molecule has 5 heteroatoms. The summed E-state index contributed by atoms with van der Waals surface area (Å²) >= 11 is 0. The van der Waals surface area contributed by atoms with Crippen LogP contribution in [-0.4, -0.2) is 13.8 Å². The molecule has 0 aliphatic carbocycles. The minimum absolute atomic E-state index is 0.251. The van der Waals surface area contributed by atoms with Gasteiger partial charge in [0.1, 0.15) is 24.1 Å². The van der Waals surface area contributed by atoms with Crippen molar-refractivity contribution in [2.24, 2.45) is 0 Å². The molecule has 5 rings (SSSR count). The van der Waals surface area contributed by atoms with Crippen LogP contribution in [0.1, 0.15) is 24.1 Å². The van der Waals surface area contributed by atoms with Crippen LogP contribution in [0.15, 0.2) is 82.0 Å². The van der Waals surface area contributed by atoms with Crippen LogP contribution in [0.3, 0.4) is 0 Å². The highest BCUT2D eigenvalue weighted by atomic mass is 16.5. The normalized spacial score (nSPS) is 16.4. The smallest absolute Gasteiger partial charge is 0.336 e. The monoisotopic (exact) mass is 414 g/mol. The number of nitrogens with one attached hydrogen (secondary N) is 1. The SMILES string of the molecule is COc1ccc(-c2cc(=O)oc3c4c(ccc23)OC[NH+]([C@H](C)c2ccccc2)C4)cc1. The van der Waals surface area contributed by atoms with Crippen LogP contribution < -0.4 is 20.0 Å². The van der Waals surface area contributed by atoms with E-state index in [0.717, 1.165) is 40.1 Å². The van der Waals surface area contributed by atoms with Crippen LogP contribution in [0.2, 0.25) is 0 Å². The molecule has 0 fully saturated rings. The number of hydrogen-bond acceptors (Lipinski definition) is 4. The molecule has 2 atom stereocenters. The second-order valence-electron chi connectivity index (χ2n) is 7.88. The van der Waals surface area contributed by atoms with Gasteiger partial charge in [-0.15, -0.1) is 0 Å². The standard InChI is InChI=1S/C26H23NO4/c1-17(18-6-4-3-5-7-18)27-15-23-24(30-16-27)13-12-21-22(14-25(28)31-26(21)23)19-8-10-20(29-2)11-9-19/h3-14,17H,15-16H2,1-2H3/p+1/t17-/m1/s1. The van der Waals surface area contributed by atoms with Gasteiger partial charge < -0.3 is 13.9 Å². The molecular weight excluding hydrogens is 390 g/mol. The predicted octanol–water partition coefficient (Wildman–Crippen LogP) is 3.96. The minimum atomic E-state index is -0.366. The molecule has 0 radical (unpaired) electrons. The molecule has 0 saturated carbocycles. The molecular formula is C26H24NO4+. The maximum absolute atomic E-state index is 12.5. The minimum Gasteiger partial charge on any atom is -0.497 e. The molecule has 31 heavy (non-hydrogen) atoms. The number of methoxy groups -OCH3 is 1. The Morgan fingerprint density at radius 2 is 1.77 bits per heavy atom. The largest absolute Gasteiger partial charge is 0.497 e. The highest BCUT2D eigenvalue weighted by Gasteiger charge is 2.29. The van der Waals surface area contributed by atoms with Gasteiger partial charge in [0, 0.05) is 17.0 Å². The highest BCUT2D eigenvalue weighted by Crippen LogP contribution is 2.34. The number of rotatable bonds is 4. The van der Waals surface area contributed by atoms with Gasteiger partial charge in [-0.2, -0.15) is 0 Å². The van der Waals surface area contributed by atoms with Crippen LogP contribution in [0.4, 0.5) is 0 Å². The fourth-order valence-corrected chi connectivity index (χ4v) is 4.28. The maximum atomic E-state index is 12.5. The Kier molecular flexibility index (Phi) is 4.96. The Morgan fingerprint density at radius 3 is 2.52 bits per heavy atom. The van der Waals surface area contributed by atoms with E-state index in [0.29, 0.717) is 12.3 Å². The van der Waals surface area contributed by atoms with E-state index in [1.807, 2.05) is 42.5 Å². The average Bonchev–Trinajstić information content (AvgIpc) is 2.83. The zero-order valence-electron chi connectivity index (χ0n) is 17.6. The van der Waals surface area contributed by atoms with E-state index in [1.165, 1.54) is 10.5 Å². The van der Waals surface area contributed by atoms with Crippen molar-refractivity contribution >= 4 is 11.0 Å². The van der Waals surface area contributed by atoms with E-state index in [-0.39, 0.29) is 11.7 Å². The third kappa shape index (κ3) is 3.57. The van der Waals surface area contributed by atoms with Crippen molar-refractivity contribution in [3.05, 3.63) is 94.3 Å². The molecule has 0 amide bonds. The molecule has 1 unspecified atom stereocenters. The third-order valence-electron chi connectivity index (χ3n) is 6.10. The summed E-state index contributed by atoms with van der Waals surface area (Å²) in [5.41, 5.74) is 4.22. The van der Waals surface area contributed by atoms with Crippen molar-refractivity contribution in [3.8, 4) is 22.6 Å². The lowest BCUT2D eigenvalue weighted by atomic mass is 9.98. The van der Waals surface area contributed by atoms with Gasteiger partial charge in [0.2, 0.25) is 6.73 Å². The zero-order valence-corrected chi connectivity index (χ0v) is 17.6. The van der Waals surface area contributed by atoms with Crippen molar-refractivity contribution in [1.82, 2.24) is 0 Å². The van der Waals surface area contributed by atoms with E-state index in [2.05, 4.69) is 31.2 Å². The second kappa shape index (κ2) is 7.93. The highest BCUT2D eigenvalue weighted by molar-refractivity contribution is 5.95. The summed E-state index contributed by atoms with van der Waals surface area (Å²) in [6.45, 7) is 3.48. The Hall–Kier alpha value is -3.57. The van der Waals surface area contributed by atoms with Gasteiger partial charge in [-0.3, -0.25) is 4.90 Å². The first kappa shape index (κ1) is 19.4. The molecule has 156 valence electrons. The molecule has 2 heterocycles. The topological polar surface area (TPSA) is 53.1 Å². The summed E-state index contributed by atoms with van der Waals surface area (Å²) in [6.07, 6.45) is 0. The van der Waals surface area contributed by atoms with Gasteiger partial charge in [0.15, 0.2) is 5.58 Å². The first-order valence-corrected chi connectivity index (χ1v) is 10.4. The van der Waals surface area contributed by atoms with Crippen LogP contribution in [-0.2, 0) is 6.54 Å². The van der Waals surface area contributed by atoms with Crippen LogP contribution in [0.5, 0.6) is 11.5 Å². The summed E-state index contributed by atoms with van der Waals surface area (Å²) in [6, 6.07) is 23.9. The van der Waals surface area contributed by atoms with Gasteiger partial charge in [0.05, 0.1) is 12.7 Å². The lowest BCUT2D eigenvalue weighted by Crippen LogP contribution is -3.12. The van der Waals surface area contributed by atoms with Crippen molar-refractivity contribution in [2.75, 3.05) is 13.8 Å². The fourth-order valence-electron chi connectivity index (χ4n) is 4.28. The van der Waals surface area contributed by atoms with Gasteiger partial charge in [0.25, 0.3) is 0 Å². The van der Waals surface area contributed by atoms with Gasteiger partial charge in [-0.1, -0.05) is 42.5 Å². The Morgan fingerprint density at radius 1 is 1.00 bits per heavy atom. The van der Waals surface area contributed by atoms with Crippen molar-refractivity contribution in [3.63, 3.8) is 0 Å². The van der Waals surface area contributed by atoms with Crippen molar-refractivity contribution in [1.29, 1.82) is 0 Å². The zero-order chi connectivity index (χ0) is 21.4.